The highest BCUT2D eigenvalue weighted by molar-refractivity contribution is 7.99. The second kappa shape index (κ2) is 9.96. The minimum atomic E-state index is -4.57. The molecular weight excluding hydrogens is 470 g/mol. The number of rotatable bonds is 7. The van der Waals surface area contributed by atoms with Gasteiger partial charge in [0.1, 0.15) is 5.82 Å². The fourth-order valence-corrected chi connectivity index (χ4v) is 3.88. The standard InChI is InChI=1S/C23H17F4N5OS/c24-18-12-6-4-10-16(18)21-30-31-22(32(21)15-8-2-1-3-9-15)34-14-20(33)29-28-19-13-7-5-11-17(19)23(25,26)27/h1-13,28H,14H2,(H,29,33). The van der Waals surface area contributed by atoms with Crippen molar-refractivity contribution >= 4 is 23.4 Å². The topological polar surface area (TPSA) is 71.8 Å². The van der Waals surface area contributed by atoms with E-state index in [9.17, 15) is 22.4 Å². The van der Waals surface area contributed by atoms with E-state index in [-0.39, 0.29) is 22.8 Å². The number of thioether (sulfide) groups is 1. The highest BCUT2D eigenvalue weighted by Gasteiger charge is 2.33. The molecular formula is C23H17F4N5OS. The number of nitrogens with zero attached hydrogens (tertiary/aromatic N) is 3. The molecule has 0 saturated heterocycles. The molecule has 0 spiro atoms. The van der Waals surface area contributed by atoms with E-state index < -0.39 is 23.5 Å². The summed E-state index contributed by atoms with van der Waals surface area (Å²) in [5.74, 6) is -0.987. The second-order valence-electron chi connectivity index (χ2n) is 6.96. The first kappa shape index (κ1) is 23.3. The fraction of sp³-hybridized carbons (Fsp3) is 0.0870. The molecule has 0 unspecified atom stereocenters. The number of hydrazine groups is 1. The van der Waals surface area contributed by atoms with Gasteiger partial charge in [-0.05, 0) is 36.4 Å². The maximum Gasteiger partial charge on any atom is 0.418 e. The maximum absolute atomic E-state index is 14.4. The van der Waals surface area contributed by atoms with Gasteiger partial charge in [0.05, 0.1) is 22.6 Å². The number of carbonyl (C=O) groups excluding carboxylic acids is 1. The summed E-state index contributed by atoms with van der Waals surface area (Å²) >= 11 is 1.01. The first-order valence-electron chi connectivity index (χ1n) is 9.94. The largest absolute Gasteiger partial charge is 0.418 e. The third-order valence-corrected chi connectivity index (χ3v) is 5.59. The monoisotopic (exact) mass is 487 g/mol. The Labute approximate surface area is 196 Å². The number of amides is 1. The number of nitrogens with one attached hydrogen (secondary N) is 2. The molecule has 1 aromatic heterocycles. The molecule has 0 fully saturated rings. The van der Waals surface area contributed by atoms with Gasteiger partial charge in [-0.1, -0.05) is 54.2 Å². The molecule has 0 bridgehead atoms. The molecule has 0 radical (unpaired) electrons. The molecule has 1 amide bonds. The zero-order valence-electron chi connectivity index (χ0n) is 17.4. The first-order chi connectivity index (χ1) is 16.3. The van der Waals surface area contributed by atoms with Gasteiger partial charge in [0.2, 0.25) is 5.91 Å². The van der Waals surface area contributed by atoms with Crippen LogP contribution in [-0.2, 0) is 11.0 Å². The number of hydrogen-bond acceptors (Lipinski definition) is 5. The van der Waals surface area contributed by atoms with Gasteiger partial charge in [0.25, 0.3) is 0 Å². The van der Waals surface area contributed by atoms with Crippen LogP contribution in [0.5, 0.6) is 0 Å². The number of para-hydroxylation sites is 2. The molecule has 3 aromatic carbocycles. The van der Waals surface area contributed by atoms with Crippen LogP contribution in [0.2, 0.25) is 0 Å². The van der Waals surface area contributed by atoms with Crippen molar-refractivity contribution in [2.24, 2.45) is 0 Å². The van der Waals surface area contributed by atoms with Gasteiger partial charge in [-0.15, -0.1) is 10.2 Å². The third kappa shape index (κ3) is 5.20. The molecule has 2 N–H and O–H groups in total. The lowest BCUT2D eigenvalue weighted by molar-refractivity contribution is -0.137. The van der Waals surface area contributed by atoms with E-state index >= 15 is 0 Å². The van der Waals surface area contributed by atoms with Crippen LogP contribution in [0, 0.1) is 5.82 Å². The van der Waals surface area contributed by atoms with Crippen LogP contribution in [0.15, 0.2) is 84.0 Å². The lowest BCUT2D eigenvalue weighted by Gasteiger charge is -2.15. The Balaban J connectivity index is 1.52. The van der Waals surface area contributed by atoms with E-state index in [1.807, 2.05) is 6.07 Å². The summed E-state index contributed by atoms with van der Waals surface area (Å²) in [6.07, 6.45) is -4.57. The second-order valence-corrected chi connectivity index (χ2v) is 7.90. The van der Waals surface area contributed by atoms with E-state index in [2.05, 4.69) is 21.0 Å². The smallest absolute Gasteiger partial charge is 0.298 e. The highest BCUT2D eigenvalue weighted by Crippen LogP contribution is 2.34. The molecule has 0 aliphatic rings. The maximum atomic E-state index is 14.4. The summed E-state index contributed by atoms with van der Waals surface area (Å²) in [4.78, 5) is 12.3. The summed E-state index contributed by atoms with van der Waals surface area (Å²) in [6.45, 7) is 0. The number of aromatic nitrogens is 3. The van der Waals surface area contributed by atoms with E-state index in [0.717, 1.165) is 17.8 Å². The van der Waals surface area contributed by atoms with Gasteiger partial charge in [0.15, 0.2) is 11.0 Å². The number of carbonyl (C=O) groups is 1. The van der Waals surface area contributed by atoms with Crippen molar-refractivity contribution in [2.75, 3.05) is 11.2 Å². The quantitative estimate of drug-likeness (QED) is 0.210. The van der Waals surface area contributed by atoms with Crippen molar-refractivity contribution in [2.45, 2.75) is 11.3 Å². The van der Waals surface area contributed by atoms with Crippen molar-refractivity contribution in [1.29, 1.82) is 0 Å². The van der Waals surface area contributed by atoms with Crippen LogP contribution in [0.4, 0.5) is 23.2 Å². The predicted molar refractivity (Wildman–Crippen MR) is 121 cm³/mol. The Morgan fingerprint density at radius 2 is 1.59 bits per heavy atom. The Bertz CT molecular complexity index is 1290. The fourth-order valence-electron chi connectivity index (χ4n) is 3.13. The van der Waals surface area contributed by atoms with Crippen molar-refractivity contribution in [1.82, 2.24) is 20.2 Å². The van der Waals surface area contributed by atoms with E-state index in [1.54, 1.807) is 47.0 Å². The average Bonchev–Trinajstić information content (AvgIpc) is 3.25. The minimum absolute atomic E-state index is 0.177. The lowest BCUT2D eigenvalue weighted by atomic mass is 10.2. The number of anilines is 1. The molecule has 34 heavy (non-hydrogen) atoms. The molecule has 1 heterocycles. The predicted octanol–water partition coefficient (Wildman–Crippen LogP) is 5.33. The SMILES string of the molecule is O=C(CSc1nnc(-c2ccccc2F)n1-c1ccccc1)NNc1ccccc1C(F)(F)F. The molecule has 0 atom stereocenters. The third-order valence-electron chi connectivity index (χ3n) is 4.66. The Hall–Kier alpha value is -3.86. The van der Waals surface area contributed by atoms with Gasteiger partial charge in [-0.25, -0.2) is 4.39 Å². The van der Waals surface area contributed by atoms with Gasteiger partial charge in [-0.3, -0.25) is 20.2 Å². The van der Waals surface area contributed by atoms with E-state index in [4.69, 9.17) is 0 Å². The summed E-state index contributed by atoms with van der Waals surface area (Å²) in [5, 5.41) is 8.54. The zero-order chi connectivity index (χ0) is 24.1. The van der Waals surface area contributed by atoms with E-state index in [1.165, 1.54) is 24.3 Å². The van der Waals surface area contributed by atoms with Crippen LogP contribution < -0.4 is 10.9 Å². The van der Waals surface area contributed by atoms with Crippen LogP contribution >= 0.6 is 11.8 Å². The molecule has 0 saturated carbocycles. The van der Waals surface area contributed by atoms with Crippen molar-refractivity contribution < 1.29 is 22.4 Å². The van der Waals surface area contributed by atoms with Gasteiger partial charge < -0.3 is 0 Å². The molecule has 6 nitrogen and oxygen atoms in total. The summed E-state index contributed by atoms with van der Waals surface area (Å²) in [7, 11) is 0. The van der Waals surface area contributed by atoms with Crippen LogP contribution in [0.25, 0.3) is 17.1 Å². The number of hydrogen-bond donors (Lipinski definition) is 2. The molecule has 4 aromatic rings. The lowest BCUT2D eigenvalue weighted by Crippen LogP contribution is -2.32. The zero-order valence-corrected chi connectivity index (χ0v) is 18.2. The van der Waals surface area contributed by atoms with Crippen molar-refractivity contribution in [3.05, 3.63) is 90.2 Å². The van der Waals surface area contributed by atoms with Crippen molar-refractivity contribution in [3.63, 3.8) is 0 Å². The van der Waals surface area contributed by atoms with Crippen LogP contribution in [0.1, 0.15) is 5.56 Å². The Morgan fingerprint density at radius 3 is 2.32 bits per heavy atom. The number of halogens is 4. The Morgan fingerprint density at radius 1 is 0.912 bits per heavy atom. The minimum Gasteiger partial charge on any atom is -0.298 e. The van der Waals surface area contributed by atoms with Crippen LogP contribution in [-0.4, -0.2) is 26.4 Å². The molecule has 4 rings (SSSR count). The molecule has 0 aliphatic carbocycles. The highest BCUT2D eigenvalue weighted by atomic mass is 32.2. The van der Waals surface area contributed by atoms with Gasteiger partial charge >= 0.3 is 6.18 Å². The van der Waals surface area contributed by atoms with Crippen molar-refractivity contribution in [3.8, 4) is 17.1 Å². The summed E-state index contributed by atoms with van der Waals surface area (Å²) < 4.78 is 55.4. The van der Waals surface area contributed by atoms with Gasteiger partial charge in [-0.2, -0.15) is 13.2 Å². The van der Waals surface area contributed by atoms with Gasteiger partial charge in [0, 0.05) is 5.69 Å². The molecule has 11 heteroatoms. The Kier molecular flexibility index (Phi) is 6.82. The molecule has 174 valence electrons. The summed E-state index contributed by atoms with van der Waals surface area (Å²) in [5.41, 5.74) is 4.29. The van der Waals surface area contributed by atoms with E-state index in [0.29, 0.717) is 10.8 Å². The molecule has 0 aliphatic heterocycles. The number of alkyl halides is 3. The average molecular weight is 487 g/mol. The first-order valence-corrected chi connectivity index (χ1v) is 10.9. The number of benzene rings is 3. The normalized spacial score (nSPS) is 11.3. The summed E-state index contributed by atoms with van der Waals surface area (Å²) in [6, 6.07) is 19.9. The van der Waals surface area contributed by atoms with Crippen LogP contribution in [0.3, 0.4) is 0 Å².